The fourth-order valence-electron chi connectivity index (χ4n) is 2.65. The molecule has 15 heavy (non-hydrogen) atoms. The minimum atomic E-state index is -0.0457. The lowest BCUT2D eigenvalue weighted by Gasteiger charge is -2.53. The van der Waals surface area contributed by atoms with E-state index in [1.165, 1.54) is 0 Å². The Labute approximate surface area is 95.9 Å². The van der Waals surface area contributed by atoms with E-state index in [1.54, 1.807) is 0 Å². The van der Waals surface area contributed by atoms with Crippen LogP contribution >= 0.6 is 0 Å². The largest absolute Gasteiger partial charge is 0.281 e. The molecule has 0 atom stereocenters. The van der Waals surface area contributed by atoms with Crippen molar-refractivity contribution in [3.8, 4) is 0 Å². The second-order valence-corrected chi connectivity index (χ2v) is 6.22. The summed E-state index contributed by atoms with van der Waals surface area (Å²) in [6, 6.07) is 0. The van der Waals surface area contributed by atoms with Gasteiger partial charge in [0.1, 0.15) is 0 Å². The quantitative estimate of drug-likeness (QED) is 0.632. The van der Waals surface area contributed by atoms with E-state index in [9.17, 15) is 0 Å². The molecule has 88 valence electrons. The van der Waals surface area contributed by atoms with Crippen LogP contribution in [0.15, 0.2) is 25.3 Å². The Hall–Kier alpha value is -0.560. The maximum atomic E-state index is 3.94. The van der Waals surface area contributed by atoms with Crippen LogP contribution in [0.25, 0.3) is 0 Å². The first-order chi connectivity index (χ1) is 6.49. The van der Waals surface area contributed by atoms with Gasteiger partial charge in [-0.25, -0.2) is 0 Å². The van der Waals surface area contributed by atoms with E-state index < -0.39 is 0 Å². The average Bonchev–Trinajstić information content (AvgIpc) is 2.00. The van der Waals surface area contributed by atoms with E-state index in [2.05, 4.69) is 66.5 Å². The fourth-order valence-corrected chi connectivity index (χ4v) is 2.65. The van der Waals surface area contributed by atoms with Crippen LogP contribution in [0, 0.1) is 0 Å². The fraction of sp³-hybridized carbons (Fsp3) is 0.714. The molecule has 0 rings (SSSR count). The summed E-state index contributed by atoms with van der Waals surface area (Å²) in [6.45, 7) is 23.3. The van der Waals surface area contributed by atoms with Crippen LogP contribution in [0.1, 0.15) is 48.5 Å². The number of rotatable bonds is 4. The zero-order valence-electron chi connectivity index (χ0n) is 11.5. The summed E-state index contributed by atoms with van der Waals surface area (Å²) in [4.78, 5) is 2.44. The molecule has 0 aliphatic carbocycles. The smallest absolute Gasteiger partial charge is 0.0345 e. The van der Waals surface area contributed by atoms with E-state index in [0.717, 1.165) is 0 Å². The molecule has 0 aromatic heterocycles. The Morgan fingerprint density at radius 1 is 0.733 bits per heavy atom. The summed E-state index contributed by atoms with van der Waals surface area (Å²) in [6.07, 6.45) is 4.01. The first-order valence-corrected chi connectivity index (χ1v) is 5.56. The lowest BCUT2D eigenvalue weighted by atomic mass is 9.86. The summed E-state index contributed by atoms with van der Waals surface area (Å²) in [5.41, 5.74) is -0.0126. The van der Waals surface area contributed by atoms with Crippen molar-refractivity contribution in [1.29, 1.82) is 0 Å². The van der Waals surface area contributed by atoms with Gasteiger partial charge in [-0.2, -0.15) is 0 Å². The third-order valence-electron chi connectivity index (χ3n) is 2.82. The highest BCUT2D eigenvalue weighted by Crippen LogP contribution is 2.34. The third kappa shape index (κ3) is 3.20. The van der Waals surface area contributed by atoms with Gasteiger partial charge in [-0.05, 0) is 48.5 Å². The van der Waals surface area contributed by atoms with Gasteiger partial charge in [0.15, 0.2) is 0 Å². The first kappa shape index (κ1) is 14.4. The SMILES string of the molecule is C=CC(C)(C)N(C(C)(C)C)C(C)(C)C=C. The molecule has 1 heteroatoms. The molecule has 0 saturated heterocycles. The van der Waals surface area contributed by atoms with Gasteiger partial charge in [0.05, 0.1) is 0 Å². The van der Waals surface area contributed by atoms with Crippen LogP contribution in [-0.4, -0.2) is 21.5 Å². The predicted molar refractivity (Wildman–Crippen MR) is 70.1 cm³/mol. The van der Waals surface area contributed by atoms with Crippen LogP contribution in [0.5, 0.6) is 0 Å². The molecular weight excluding hydrogens is 182 g/mol. The highest BCUT2D eigenvalue weighted by Gasteiger charge is 2.41. The number of hydrogen-bond donors (Lipinski definition) is 0. The van der Waals surface area contributed by atoms with Crippen LogP contribution < -0.4 is 0 Å². The molecule has 0 unspecified atom stereocenters. The van der Waals surface area contributed by atoms with Crippen molar-refractivity contribution >= 4 is 0 Å². The molecule has 0 aliphatic rings. The molecule has 0 amide bonds. The van der Waals surface area contributed by atoms with Gasteiger partial charge in [-0.3, -0.25) is 4.90 Å². The van der Waals surface area contributed by atoms with Crippen LogP contribution in [0.2, 0.25) is 0 Å². The molecule has 0 fully saturated rings. The van der Waals surface area contributed by atoms with Gasteiger partial charge in [-0.1, -0.05) is 12.2 Å². The predicted octanol–water partition coefficient (Wildman–Crippen LogP) is 4.02. The molecule has 0 heterocycles. The lowest BCUT2D eigenvalue weighted by Crippen LogP contribution is -2.61. The molecule has 0 bridgehead atoms. The summed E-state index contributed by atoms with van der Waals surface area (Å²) in [5.74, 6) is 0. The maximum Gasteiger partial charge on any atom is 0.0345 e. The van der Waals surface area contributed by atoms with Crippen LogP contribution in [0.4, 0.5) is 0 Å². The molecule has 0 aliphatic heterocycles. The second-order valence-electron chi connectivity index (χ2n) is 6.22. The van der Waals surface area contributed by atoms with Gasteiger partial charge in [0.2, 0.25) is 0 Å². The molecule has 0 aromatic carbocycles. The summed E-state index contributed by atoms with van der Waals surface area (Å²) >= 11 is 0. The van der Waals surface area contributed by atoms with Crippen molar-refractivity contribution in [2.45, 2.75) is 65.1 Å². The van der Waals surface area contributed by atoms with Gasteiger partial charge in [-0.15, -0.1) is 13.2 Å². The topological polar surface area (TPSA) is 3.24 Å². The van der Waals surface area contributed by atoms with Crippen molar-refractivity contribution in [3.63, 3.8) is 0 Å². The molecule has 0 radical (unpaired) electrons. The van der Waals surface area contributed by atoms with E-state index in [1.807, 2.05) is 12.2 Å². The molecule has 0 N–H and O–H groups in total. The Kier molecular flexibility index (Phi) is 3.98. The van der Waals surface area contributed by atoms with Crippen molar-refractivity contribution < 1.29 is 0 Å². The van der Waals surface area contributed by atoms with E-state index >= 15 is 0 Å². The highest BCUT2D eigenvalue weighted by molar-refractivity contribution is 5.11. The van der Waals surface area contributed by atoms with Gasteiger partial charge < -0.3 is 0 Å². The second kappa shape index (κ2) is 4.13. The minimum Gasteiger partial charge on any atom is -0.281 e. The summed E-state index contributed by atoms with van der Waals surface area (Å²) in [7, 11) is 0. The minimum absolute atomic E-state index is 0.0457. The third-order valence-corrected chi connectivity index (χ3v) is 2.82. The van der Waals surface area contributed by atoms with Crippen LogP contribution in [-0.2, 0) is 0 Å². The standard InChI is InChI=1S/C14H27N/c1-10-13(6,7)15(12(3,4)5)14(8,9)11-2/h10-11H,1-2H2,3-9H3. The van der Waals surface area contributed by atoms with Crippen molar-refractivity contribution in [1.82, 2.24) is 4.90 Å². The van der Waals surface area contributed by atoms with E-state index in [0.29, 0.717) is 0 Å². The zero-order chi connectivity index (χ0) is 12.5. The molecular formula is C14H27N. The molecule has 1 nitrogen and oxygen atoms in total. The first-order valence-electron chi connectivity index (χ1n) is 5.56. The van der Waals surface area contributed by atoms with Crippen molar-refractivity contribution in [2.24, 2.45) is 0 Å². The Morgan fingerprint density at radius 2 is 1.00 bits per heavy atom. The molecule has 0 aromatic rings. The Bertz CT molecular complexity index is 221. The van der Waals surface area contributed by atoms with Crippen LogP contribution in [0.3, 0.4) is 0 Å². The van der Waals surface area contributed by atoms with Gasteiger partial charge in [0.25, 0.3) is 0 Å². The zero-order valence-corrected chi connectivity index (χ0v) is 11.5. The summed E-state index contributed by atoms with van der Waals surface area (Å²) < 4.78 is 0. The summed E-state index contributed by atoms with van der Waals surface area (Å²) in [5, 5.41) is 0. The molecule has 0 spiro atoms. The number of nitrogens with zero attached hydrogens (tertiary/aromatic N) is 1. The lowest BCUT2D eigenvalue weighted by molar-refractivity contribution is -0.0118. The van der Waals surface area contributed by atoms with Gasteiger partial charge >= 0.3 is 0 Å². The van der Waals surface area contributed by atoms with Crippen molar-refractivity contribution in [2.75, 3.05) is 0 Å². The Balaban J connectivity index is 5.45. The monoisotopic (exact) mass is 209 g/mol. The van der Waals surface area contributed by atoms with Gasteiger partial charge in [0, 0.05) is 16.6 Å². The van der Waals surface area contributed by atoms with E-state index in [-0.39, 0.29) is 16.6 Å². The Morgan fingerprint density at radius 3 is 1.13 bits per heavy atom. The van der Waals surface area contributed by atoms with Crippen molar-refractivity contribution in [3.05, 3.63) is 25.3 Å². The normalized spacial score (nSPS) is 14.1. The maximum absolute atomic E-state index is 3.94. The highest BCUT2D eigenvalue weighted by atomic mass is 15.3. The molecule has 0 saturated carbocycles. The van der Waals surface area contributed by atoms with E-state index in [4.69, 9.17) is 0 Å². The number of hydrogen-bond acceptors (Lipinski definition) is 1. The average molecular weight is 209 g/mol.